The molecule has 0 saturated carbocycles. The van der Waals surface area contributed by atoms with Crippen molar-refractivity contribution in [1.29, 1.82) is 0 Å². The standard InChI is InChI=1S/C8H14N2O/c1-10-6-3-2-4-7(10)9-8(11)5-6/h6-7H,2-5H2,1H3,(H,9,11). The maximum absolute atomic E-state index is 11.1. The number of carbonyl (C=O) groups excluding carboxylic acids is 1. The van der Waals surface area contributed by atoms with Crippen LogP contribution < -0.4 is 5.32 Å². The second kappa shape index (κ2) is 2.48. The van der Waals surface area contributed by atoms with E-state index in [-0.39, 0.29) is 5.91 Å². The van der Waals surface area contributed by atoms with Crippen molar-refractivity contribution in [2.75, 3.05) is 7.05 Å². The molecule has 3 nitrogen and oxygen atoms in total. The maximum Gasteiger partial charge on any atom is 0.222 e. The van der Waals surface area contributed by atoms with Crippen molar-refractivity contribution in [1.82, 2.24) is 10.2 Å². The number of amides is 1. The molecule has 2 aliphatic heterocycles. The van der Waals surface area contributed by atoms with E-state index in [2.05, 4.69) is 17.3 Å². The molecule has 2 atom stereocenters. The minimum atomic E-state index is 0.234. The molecule has 2 bridgehead atoms. The first-order valence-electron chi connectivity index (χ1n) is 4.28. The predicted octanol–water partition coefficient (Wildman–Crippen LogP) is 0.317. The van der Waals surface area contributed by atoms with E-state index in [9.17, 15) is 4.79 Å². The lowest BCUT2D eigenvalue weighted by atomic mass is 9.94. The van der Waals surface area contributed by atoms with Crippen LogP contribution in [0.15, 0.2) is 0 Å². The quantitative estimate of drug-likeness (QED) is 0.545. The number of nitrogens with zero attached hydrogens (tertiary/aromatic N) is 1. The summed E-state index contributed by atoms with van der Waals surface area (Å²) in [6, 6.07) is 0.516. The zero-order valence-electron chi connectivity index (χ0n) is 6.84. The van der Waals surface area contributed by atoms with E-state index < -0.39 is 0 Å². The van der Waals surface area contributed by atoms with Crippen LogP contribution >= 0.6 is 0 Å². The average Bonchev–Trinajstić information content (AvgIpc) is 1.92. The Morgan fingerprint density at radius 1 is 1.55 bits per heavy atom. The van der Waals surface area contributed by atoms with Crippen LogP contribution in [-0.2, 0) is 4.79 Å². The summed E-state index contributed by atoms with van der Waals surface area (Å²) in [5.41, 5.74) is 0. The van der Waals surface area contributed by atoms with Crippen LogP contribution in [0.25, 0.3) is 0 Å². The SMILES string of the molecule is CN1C2CCCC1NC(=O)C2. The second-order valence-corrected chi connectivity index (χ2v) is 3.54. The number of fused-ring (bicyclic) bond motifs is 2. The molecule has 0 aliphatic carbocycles. The number of nitrogens with one attached hydrogen (secondary N) is 1. The van der Waals surface area contributed by atoms with E-state index >= 15 is 0 Å². The van der Waals surface area contributed by atoms with Crippen molar-refractivity contribution in [3.05, 3.63) is 0 Å². The van der Waals surface area contributed by atoms with Crippen LogP contribution in [0.5, 0.6) is 0 Å². The van der Waals surface area contributed by atoms with Gasteiger partial charge in [0.05, 0.1) is 6.17 Å². The van der Waals surface area contributed by atoms with Gasteiger partial charge >= 0.3 is 0 Å². The molecule has 0 radical (unpaired) electrons. The monoisotopic (exact) mass is 154 g/mol. The van der Waals surface area contributed by atoms with E-state index in [1.807, 2.05) is 0 Å². The smallest absolute Gasteiger partial charge is 0.222 e. The summed E-state index contributed by atoms with van der Waals surface area (Å²) < 4.78 is 0. The largest absolute Gasteiger partial charge is 0.341 e. The van der Waals surface area contributed by atoms with Crippen LogP contribution in [0, 0.1) is 0 Å². The van der Waals surface area contributed by atoms with Crippen LogP contribution in [0.2, 0.25) is 0 Å². The van der Waals surface area contributed by atoms with Crippen LogP contribution in [0.4, 0.5) is 0 Å². The predicted molar refractivity (Wildman–Crippen MR) is 41.9 cm³/mol. The van der Waals surface area contributed by atoms with Crippen molar-refractivity contribution in [2.24, 2.45) is 0 Å². The Bertz CT molecular complexity index is 165. The molecule has 1 N–H and O–H groups in total. The summed E-state index contributed by atoms with van der Waals surface area (Å²) in [5, 5.41) is 2.98. The third-order valence-electron chi connectivity index (χ3n) is 2.83. The Morgan fingerprint density at radius 2 is 2.36 bits per heavy atom. The Balaban J connectivity index is 2.12. The number of carbonyl (C=O) groups is 1. The minimum Gasteiger partial charge on any atom is -0.341 e. The van der Waals surface area contributed by atoms with E-state index in [0.717, 1.165) is 6.42 Å². The molecule has 62 valence electrons. The number of hydrogen-bond donors (Lipinski definition) is 1. The fourth-order valence-corrected chi connectivity index (χ4v) is 2.09. The first-order chi connectivity index (χ1) is 5.27. The first-order valence-corrected chi connectivity index (χ1v) is 4.28. The first kappa shape index (κ1) is 7.10. The number of piperidine rings is 1. The van der Waals surface area contributed by atoms with Gasteiger partial charge in [-0.2, -0.15) is 0 Å². The Labute approximate surface area is 66.8 Å². The molecule has 0 aromatic carbocycles. The van der Waals surface area contributed by atoms with Crippen LogP contribution in [0.3, 0.4) is 0 Å². The van der Waals surface area contributed by atoms with Crippen molar-refractivity contribution in [2.45, 2.75) is 37.9 Å². The highest BCUT2D eigenvalue weighted by Crippen LogP contribution is 2.25. The fourth-order valence-electron chi connectivity index (χ4n) is 2.09. The maximum atomic E-state index is 11.1. The van der Waals surface area contributed by atoms with Gasteiger partial charge in [-0.3, -0.25) is 9.69 Å². The molecule has 2 rings (SSSR count). The lowest BCUT2D eigenvalue weighted by molar-refractivity contribution is -0.130. The molecule has 0 spiro atoms. The molecule has 11 heavy (non-hydrogen) atoms. The second-order valence-electron chi connectivity index (χ2n) is 3.54. The molecule has 2 unspecified atom stereocenters. The average molecular weight is 154 g/mol. The molecular formula is C8H14N2O. The van der Waals surface area contributed by atoms with Gasteiger partial charge in [0, 0.05) is 12.5 Å². The van der Waals surface area contributed by atoms with E-state index in [1.165, 1.54) is 12.8 Å². The number of hydrogen-bond acceptors (Lipinski definition) is 2. The van der Waals surface area contributed by atoms with Gasteiger partial charge in [-0.15, -0.1) is 0 Å². The molecular weight excluding hydrogens is 140 g/mol. The van der Waals surface area contributed by atoms with E-state index in [4.69, 9.17) is 0 Å². The summed E-state index contributed by atoms with van der Waals surface area (Å²) in [7, 11) is 2.11. The highest BCUT2D eigenvalue weighted by atomic mass is 16.2. The lowest BCUT2D eigenvalue weighted by Gasteiger charge is -2.43. The van der Waals surface area contributed by atoms with Gasteiger partial charge in [-0.25, -0.2) is 0 Å². The van der Waals surface area contributed by atoms with Crippen molar-refractivity contribution in [3.63, 3.8) is 0 Å². The molecule has 0 aromatic rings. The van der Waals surface area contributed by atoms with Gasteiger partial charge in [0.1, 0.15) is 0 Å². The van der Waals surface area contributed by atoms with Gasteiger partial charge in [-0.1, -0.05) is 0 Å². The van der Waals surface area contributed by atoms with Gasteiger partial charge < -0.3 is 5.32 Å². The van der Waals surface area contributed by atoms with Gasteiger partial charge in [0.2, 0.25) is 5.91 Å². The summed E-state index contributed by atoms with van der Waals surface area (Å²) in [5.74, 6) is 0.234. The summed E-state index contributed by atoms with van der Waals surface area (Å²) in [6.07, 6.45) is 4.61. The van der Waals surface area contributed by atoms with Gasteiger partial charge in [0.25, 0.3) is 0 Å². The Morgan fingerprint density at radius 3 is 3.09 bits per heavy atom. The van der Waals surface area contributed by atoms with Crippen LogP contribution in [0.1, 0.15) is 25.7 Å². The number of rotatable bonds is 0. The molecule has 2 saturated heterocycles. The summed E-state index contributed by atoms with van der Waals surface area (Å²) in [4.78, 5) is 13.4. The van der Waals surface area contributed by atoms with Gasteiger partial charge in [-0.05, 0) is 26.3 Å². The van der Waals surface area contributed by atoms with Crippen molar-refractivity contribution < 1.29 is 4.79 Å². The summed E-state index contributed by atoms with van der Waals surface area (Å²) >= 11 is 0. The van der Waals surface area contributed by atoms with E-state index in [1.54, 1.807) is 0 Å². The topological polar surface area (TPSA) is 32.3 Å². The zero-order valence-corrected chi connectivity index (χ0v) is 6.84. The molecule has 3 heteroatoms. The molecule has 2 aliphatic rings. The fraction of sp³-hybridized carbons (Fsp3) is 0.875. The van der Waals surface area contributed by atoms with Gasteiger partial charge in [0.15, 0.2) is 0 Å². The Kier molecular flexibility index (Phi) is 1.60. The zero-order chi connectivity index (χ0) is 7.84. The molecule has 2 heterocycles. The van der Waals surface area contributed by atoms with Crippen molar-refractivity contribution in [3.8, 4) is 0 Å². The Hall–Kier alpha value is -0.570. The van der Waals surface area contributed by atoms with Crippen LogP contribution in [-0.4, -0.2) is 30.1 Å². The van der Waals surface area contributed by atoms with Crippen molar-refractivity contribution >= 4 is 5.91 Å². The normalized spacial score (nSPS) is 38.5. The highest BCUT2D eigenvalue weighted by molar-refractivity contribution is 5.77. The molecule has 1 amide bonds. The molecule has 0 aromatic heterocycles. The highest BCUT2D eigenvalue weighted by Gasteiger charge is 2.34. The minimum absolute atomic E-state index is 0.234. The summed E-state index contributed by atoms with van der Waals surface area (Å²) in [6.45, 7) is 0. The van der Waals surface area contributed by atoms with E-state index in [0.29, 0.717) is 18.6 Å². The third kappa shape index (κ3) is 1.13. The third-order valence-corrected chi connectivity index (χ3v) is 2.83. The lowest BCUT2D eigenvalue weighted by Crippen LogP contribution is -2.59. The molecule has 2 fully saturated rings.